The lowest BCUT2D eigenvalue weighted by Gasteiger charge is -2.39. The average Bonchev–Trinajstić information content (AvgIpc) is 2.27. The fraction of sp³-hybridized carbons (Fsp3) is 1.00. The van der Waals surface area contributed by atoms with Crippen molar-refractivity contribution in [2.24, 2.45) is 5.73 Å². The Morgan fingerprint density at radius 1 is 1.41 bits per heavy atom. The summed E-state index contributed by atoms with van der Waals surface area (Å²) in [4.78, 5) is 0. The first kappa shape index (κ1) is 15.2. The first-order chi connectivity index (χ1) is 7.85. The zero-order valence-electron chi connectivity index (χ0n) is 10.8. The molecule has 7 heteroatoms. The van der Waals surface area contributed by atoms with Crippen LogP contribution in [0.3, 0.4) is 0 Å². The molecule has 1 aliphatic rings. The van der Waals surface area contributed by atoms with Gasteiger partial charge in [0.15, 0.2) is 0 Å². The summed E-state index contributed by atoms with van der Waals surface area (Å²) in [6.07, 6.45) is 3.69. The summed E-state index contributed by atoms with van der Waals surface area (Å²) in [5, 5.41) is 0. The predicted molar refractivity (Wildman–Crippen MR) is 73.3 cm³/mol. The van der Waals surface area contributed by atoms with Crippen LogP contribution >= 0.6 is 11.8 Å². The van der Waals surface area contributed by atoms with E-state index < -0.39 is 10.2 Å². The highest BCUT2D eigenvalue weighted by Gasteiger charge is 2.36. The standard InChI is InChI=1S/C10H23N3O2S2/c1-9(2)12-17(14,15)13-6-4-10(8-11,16-3)5-7-13/h9,12H,4-8,11H2,1-3H3. The lowest BCUT2D eigenvalue weighted by atomic mass is 9.97. The van der Waals surface area contributed by atoms with Crippen molar-refractivity contribution in [3.05, 3.63) is 0 Å². The van der Waals surface area contributed by atoms with Crippen LogP contribution < -0.4 is 10.5 Å². The third-order valence-electron chi connectivity index (χ3n) is 3.16. The Kier molecular flexibility index (Phi) is 5.27. The average molecular weight is 281 g/mol. The van der Waals surface area contributed by atoms with Crippen LogP contribution in [0, 0.1) is 0 Å². The summed E-state index contributed by atoms with van der Waals surface area (Å²) < 4.78 is 28.1. The van der Waals surface area contributed by atoms with Crippen LogP contribution in [0.25, 0.3) is 0 Å². The highest BCUT2D eigenvalue weighted by molar-refractivity contribution is 8.00. The van der Waals surface area contributed by atoms with Gasteiger partial charge in [0.05, 0.1) is 0 Å². The highest BCUT2D eigenvalue weighted by atomic mass is 32.2. The molecule has 3 N–H and O–H groups in total. The van der Waals surface area contributed by atoms with Gasteiger partial charge in [-0.2, -0.15) is 29.2 Å². The van der Waals surface area contributed by atoms with Crippen molar-refractivity contribution >= 4 is 22.0 Å². The molecular formula is C10H23N3O2S2. The zero-order valence-corrected chi connectivity index (χ0v) is 12.4. The number of piperidine rings is 1. The second-order valence-electron chi connectivity index (χ2n) is 4.77. The highest BCUT2D eigenvalue weighted by Crippen LogP contribution is 2.34. The molecule has 5 nitrogen and oxygen atoms in total. The third kappa shape index (κ3) is 3.82. The molecule has 1 fully saturated rings. The van der Waals surface area contributed by atoms with Crippen molar-refractivity contribution in [1.29, 1.82) is 0 Å². The summed E-state index contributed by atoms with van der Waals surface area (Å²) in [5.41, 5.74) is 5.78. The van der Waals surface area contributed by atoms with E-state index in [2.05, 4.69) is 4.72 Å². The van der Waals surface area contributed by atoms with Crippen LogP contribution in [0.2, 0.25) is 0 Å². The summed E-state index contributed by atoms with van der Waals surface area (Å²) in [7, 11) is -3.32. The van der Waals surface area contributed by atoms with Crippen molar-refractivity contribution in [2.75, 3.05) is 25.9 Å². The fourth-order valence-corrected chi connectivity index (χ4v) is 4.16. The van der Waals surface area contributed by atoms with Crippen molar-refractivity contribution in [3.8, 4) is 0 Å². The third-order valence-corrected chi connectivity index (χ3v) is 6.42. The van der Waals surface area contributed by atoms with E-state index in [1.165, 1.54) is 4.31 Å². The molecule has 1 heterocycles. The van der Waals surface area contributed by atoms with Gasteiger partial charge in [-0.3, -0.25) is 0 Å². The lowest BCUT2D eigenvalue weighted by Crippen LogP contribution is -2.52. The molecule has 0 aromatic carbocycles. The quantitative estimate of drug-likeness (QED) is 0.764. The van der Waals surface area contributed by atoms with Gasteiger partial charge in [0, 0.05) is 30.4 Å². The summed E-state index contributed by atoms with van der Waals surface area (Å²) >= 11 is 1.75. The van der Waals surface area contributed by atoms with Gasteiger partial charge >= 0.3 is 0 Å². The van der Waals surface area contributed by atoms with Gasteiger partial charge in [0.1, 0.15) is 0 Å². The maximum Gasteiger partial charge on any atom is 0.279 e. The Bertz CT molecular complexity index is 329. The molecule has 1 saturated heterocycles. The van der Waals surface area contributed by atoms with E-state index in [1.807, 2.05) is 20.1 Å². The van der Waals surface area contributed by atoms with Crippen LogP contribution in [0.15, 0.2) is 0 Å². The van der Waals surface area contributed by atoms with E-state index in [1.54, 1.807) is 11.8 Å². The topological polar surface area (TPSA) is 75.4 Å². The molecule has 0 saturated carbocycles. The number of thioether (sulfide) groups is 1. The van der Waals surface area contributed by atoms with E-state index in [4.69, 9.17) is 5.73 Å². The Morgan fingerprint density at radius 2 is 1.94 bits per heavy atom. The van der Waals surface area contributed by atoms with E-state index >= 15 is 0 Å². The van der Waals surface area contributed by atoms with Crippen molar-refractivity contribution in [2.45, 2.75) is 37.5 Å². The summed E-state index contributed by atoms with van der Waals surface area (Å²) in [6, 6.07) is -0.0678. The molecule has 0 amide bonds. The van der Waals surface area contributed by atoms with Crippen molar-refractivity contribution in [3.63, 3.8) is 0 Å². The molecule has 1 rings (SSSR count). The Balaban J connectivity index is 2.63. The fourth-order valence-electron chi connectivity index (χ4n) is 2.00. The SMILES string of the molecule is CSC1(CN)CCN(S(=O)(=O)NC(C)C)CC1. The second kappa shape index (κ2) is 5.88. The number of nitrogens with one attached hydrogen (secondary N) is 1. The van der Waals surface area contributed by atoms with Crippen LogP contribution in [-0.2, 0) is 10.2 Å². The van der Waals surface area contributed by atoms with Crippen molar-refractivity contribution < 1.29 is 8.42 Å². The molecule has 0 unspecified atom stereocenters. The Morgan fingerprint density at radius 3 is 2.29 bits per heavy atom. The minimum absolute atomic E-state index is 0.0594. The van der Waals surface area contributed by atoms with Gasteiger partial charge < -0.3 is 5.73 Å². The van der Waals surface area contributed by atoms with Gasteiger partial charge in [0.2, 0.25) is 0 Å². The molecular weight excluding hydrogens is 258 g/mol. The molecule has 0 aromatic rings. The largest absolute Gasteiger partial charge is 0.329 e. The number of rotatable bonds is 5. The van der Waals surface area contributed by atoms with Crippen LogP contribution in [0.5, 0.6) is 0 Å². The minimum atomic E-state index is -3.32. The van der Waals surface area contributed by atoms with Crippen LogP contribution in [-0.4, -0.2) is 49.4 Å². The van der Waals surface area contributed by atoms with E-state index in [-0.39, 0.29) is 10.8 Å². The molecule has 0 aliphatic carbocycles. The van der Waals surface area contributed by atoms with Gasteiger partial charge in [-0.05, 0) is 32.9 Å². The number of nitrogens with two attached hydrogens (primary N) is 1. The van der Waals surface area contributed by atoms with Gasteiger partial charge in [0.25, 0.3) is 10.2 Å². The normalized spacial score (nSPS) is 21.9. The molecule has 17 heavy (non-hydrogen) atoms. The summed E-state index contributed by atoms with van der Waals surface area (Å²) in [6.45, 7) is 5.38. The molecule has 0 atom stereocenters. The first-order valence-electron chi connectivity index (χ1n) is 5.88. The number of nitrogens with zero attached hydrogens (tertiary/aromatic N) is 1. The maximum absolute atomic E-state index is 12.0. The molecule has 0 spiro atoms. The number of hydrogen-bond acceptors (Lipinski definition) is 4. The molecule has 0 aromatic heterocycles. The maximum atomic E-state index is 12.0. The molecule has 1 aliphatic heterocycles. The van der Waals surface area contributed by atoms with Crippen LogP contribution in [0.4, 0.5) is 0 Å². The zero-order chi connectivity index (χ0) is 13.1. The Hall–Kier alpha value is 0.180. The molecule has 102 valence electrons. The van der Waals surface area contributed by atoms with Gasteiger partial charge in [-0.15, -0.1) is 0 Å². The second-order valence-corrected chi connectivity index (χ2v) is 7.74. The van der Waals surface area contributed by atoms with Crippen LogP contribution in [0.1, 0.15) is 26.7 Å². The Labute approximate surface area is 109 Å². The lowest BCUT2D eigenvalue weighted by molar-refractivity contribution is 0.297. The number of hydrogen-bond donors (Lipinski definition) is 2. The minimum Gasteiger partial charge on any atom is -0.329 e. The van der Waals surface area contributed by atoms with E-state index in [9.17, 15) is 8.42 Å². The van der Waals surface area contributed by atoms with E-state index in [0.29, 0.717) is 19.6 Å². The van der Waals surface area contributed by atoms with Gasteiger partial charge in [-0.1, -0.05) is 0 Å². The predicted octanol–water partition coefficient (Wildman–Crippen LogP) is 0.386. The van der Waals surface area contributed by atoms with Gasteiger partial charge in [-0.25, -0.2) is 0 Å². The molecule has 0 bridgehead atoms. The first-order valence-corrected chi connectivity index (χ1v) is 8.54. The van der Waals surface area contributed by atoms with Crippen molar-refractivity contribution in [1.82, 2.24) is 9.03 Å². The smallest absolute Gasteiger partial charge is 0.279 e. The monoisotopic (exact) mass is 281 g/mol. The summed E-state index contributed by atoms with van der Waals surface area (Å²) in [5.74, 6) is 0. The molecule has 0 radical (unpaired) electrons. The van der Waals surface area contributed by atoms with E-state index in [0.717, 1.165) is 12.8 Å².